The minimum absolute atomic E-state index is 0.0196. The van der Waals surface area contributed by atoms with Crippen molar-refractivity contribution in [2.24, 2.45) is 5.73 Å². The molecule has 8 heteroatoms. The van der Waals surface area contributed by atoms with E-state index in [-0.39, 0.29) is 12.5 Å². The highest BCUT2D eigenvalue weighted by Crippen LogP contribution is 2.34. The van der Waals surface area contributed by atoms with Gasteiger partial charge in [-0.2, -0.15) is 15.4 Å². The van der Waals surface area contributed by atoms with Gasteiger partial charge in [-0.05, 0) is 41.8 Å². The average Bonchev–Trinajstić information content (AvgIpc) is 3.35. The van der Waals surface area contributed by atoms with Crippen LogP contribution in [0.3, 0.4) is 0 Å². The zero-order chi connectivity index (χ0) is 23.2. The Morgan fingerprint density at radius 3 is 2.45 bits per heavy atom. The van der Waals surface area contributed by atoms with Crippen molar-refractivity contribution < 1.29 is 19.3 Å². The van der Waals surface area contributed by atoms with Crippen LogP contribution in [0.4, 0.5) is 0 Å². The van der Waals surface area contributed by atoms with E-state index in [1.54, 1.807) is 20.3 Å². The Morgan fingerprint density at radius 2 is 1.70 bits per heavy atom. The molecule has 0 fully saturated rings. The molecule has 4 aromatic rings. The van der Waals surface area contributed by atoms with E-state index in [4.69, 9.17) is 19.9 Å². The molecule has 0 aliphatic carbocycles. The van der Waals surface area contributed by atoms with Gasteiger partial charge in [-0.3, -0.25) is 0 Å². The van der Waals surface area contributed by atoms with Crippen LogP contribution in [0.25, 0.3) is 11.0 Å². The number of nitrogens with zero attached hydrogens (tertiary/aromatic N) is 2. The summed E-state index contributed by atoms with van der Waals surface area (Å²) >= 11 is 0. The molecule has 4 rings (SSSR count). The Morgan fingerprint density at radius 1 is 0.909 bits per heavy atom. The van der Waals surface area contributed by atoms with Crippen molar-refractivity contribution >= 4 is 11.0 Å². The van der Waals surface area contributed by atoms with Gasteiger partial charge in [-0.1, -0.05) is 42.5 Å². The number of methoxy groups -OCH3 is 2. The minimum atomic E-state index is -0.922. The number of hydrogen-bond donors (Lipinski definition) is 3. The van der Waals surface area contributed by atoms with Gasteiger partial charge in [0.05, 0.1) is 14.2 Å². The number of H-pyrrole nitrogens is 1. The van der Waals surface area contributed by atoms with E-state index in [1.165, 1.54) is 0 Å². The number of nitrogens with one attached hydrogen (secondary N) is 1. The number of aromatic amines is 1. The molecule has 0 saturated heterocycles. The van der Waals surface area contributed by atoms with E-state index in [1.807, 2.05) is 48.5 Å². The summed E-state index contributed by atoms with van der Waals surface area (Å²) < 4.78 is 16.7. The van der Waals surface area contributed by atoms with Gasteiger partial charge < -0.3 is 25.1 Å². The molecule has 3 atom stereocenters. The molecule has 172 valence electrons. The van der Waals surface area contributed by atoms with Crippen molar-refractivity contribution in [3.63, 3.8) is 0 Å². The van der Waals surface area contributed by atoms with Crippen LogP contribution in [0, 0.1) is 0 Å². The van der Waals surface area contributed by atoms with Crippen molar-refractivity contribution in [1.82, 2.24) is 15.4 Å². The first-order chi connectivity index (χ1) is 16.1. The number of aromatic nitrogens is 3. The fourth-order valence-electron chi connectivity index (χ4n) is 3.94. The number of para-hydroxylation sites is 1. The van der Waals surface area contributed by atoms with Gasteiger partial charge in [0.25, 0.3) is 0 Å². The van der Waals surface area contributed by atoms with E-state index in [9.17, 15) is 5.11 Å². The van der Waals surface area contributed by atoms with Crippen LogP contribution in [0.15, 0.2) is 66.7 Å². The highest BCUT2D eigenvalue weighted by Gasteiger charge is 2.28. The maximum atomic E-state index is 11.0. The lowest BCUT2D eigenvalue weighted by Crippen LogP contribution is -2.44. The number of ether oxygens (including phenoxy) is 3. The molecule has 0 bridgehead atoms. The Kier molecular flexibility index (Phi) is 7.07. The molecule has 1 heterocycles. The maximum Gasteiger partial charge on any atom is 0.160 e. The fourth-order valence-corrected chi connectivity index (χ4v) is 3.94. The Labute approximate surface area is 192 Å². The van der Waals surface area contributed by atoms with E-state index in [0.717, 1.165) is 11.1 Å². The van der Waals surface area contributed by atoms with E-state index < -0.39 is 12.1 Å². The van der Waals surface area contributed by atoms with E-state index >= 15 is 0 Å². The lowest BCUT2D eigenvalue weighted by atomic mass is 9.83. The number of fused-ring (bicyclic) bond motifs is 1. The summed E-state index contributed by atoms with van der Waals surface area (Å²) in [6.45, 7) is 0.0196. The SMILES string of the molecule is COc1ccc(C(Cc2ccccc2)C(N)[C@H](O)COc2cccc3n[nH]nc23)cc1OC. The second-order valence-corrected chi connectivity index (χ2v) is 7.81. The highest BCUT2D eigenvalue weighted by atomic mass is 16.5. The zero-order valence-electron chi connectivity index (χ0n) is 18.6. The van der Waals surface area contributed by atoms with Crippen molar-refractivity contribution in [3.05, 3.63) is 77.9 Å². The zero-order valence-corrected chi connectivity index (χ0v) is 18.6. The average molecular weight is 449 g/mol. The Balaban J connectivity index is 1.57. The van der Waals surface area contributed by atoms with Crippen LogP contribution >= 0.6 is 0 Å². The van der Waals surface area contributed by atoms with Gasteiger partial charge in [0.15, 0.2) is 17.0 Å². The molecule has 0 aliphatic heterocycles. The molecule has 0 saturated carbocycles. The first kappa shape index (κ1) is 22.6. The van der Waals surface area contributed by atoms with E-state index in [0.29, 0.717) is 34.7 Å². The number of benzene rings is 3. The topological polar surface area (TPSA) is 116 Å². The number of hydrogen-bond acceptors (Lipinski definition) is 7. The largest absolute Gasteiger partial charge is 0.493 e. The lowest BCUT2D eigenvalue weighted by molar-refractivity contribution is 0.0771. The summed E-state index contributed by atoms with van der Waals surface area (Å²) in [5, 5.41) is 21.8. The smallest absolute Gasteiger partial charge is 0.160 e. The second-order valence-electron chi connectivity index (χ2n) is 7.81. The summed E-state index contributed by atoms with van der Waals surface area (Å²) in [5.41, 5.74) is 9.99. The van der Waals surface area contributed by atoms with Crippen LogP contribution in [-0.4, -0.2) is 53.5 Å². The second kappa shape index (κ2) is 10.3. The molecule has 0 aliphatic rings. The summed E-state index contributed by atoms with van der Waals surface area (Å²) in [6, 6.07) is 20.6. The summed E-state index contributed by atoms with van der Waals surface area (Å²) in [6.07, 6.45) is -0.276. The molecular weight excluding hydrogens is 420 g/mol. The van der Waals surface area contributed by atoms with Crippen LogP contribution in [0.1, 0.15) is 17.0 Å². The van der Waals surface area contributed by atoms with Crippen LogP contribution in [0.2, 0.25) is 0 Å². The molecule has 8 nitrogen and oxygen atoms in total. The minimum Gasteiger partial charge on any atom is -0.493 e. The monoisotopic (exact) mass is 448 g/mol. The van der Waals surface area contributed by atoms with Crippen LogP contribution in [-0.2, 0) is 6.42 Å². The predicted octanol–water partition coefficient (Wildman–Crippen LogP) is 3.07. The third-order valence-corrected chi connectivity index (χ3v) is 5.76. The molecule has 1 aromatic heterocycles. The normalized spacial score (nSPS) is 13.9. The van der Waals surface area contributed by atoms with Gasteiger partial charge in [0.2, 0.25) is 0 Å². The Hall–Kier alpha value is -3.62. The van der Waals surface area contributed by atoms with Crippen LogP contribution in [0.5, 0.6) is 17.2 Å². The first-order valence-corrected chi connectivity index (χ1v) is 10.7. The lowest BCUT2D eigenvalue weighted by Gasteiger charge is -2.29. The number of rotatable bonds is 10. The molecule has 0 radical (unpaired) electrons. The molecule has 2 unspecified atom stereocenters. The fraction of sp³-hybridized carbons (Fsp3) is 0.280. The number of aliphatic hydroxyl groups is 1. The third-order valence-electron chi connectivity index (χ3n) is 5.76. The maximum absolute atomic E-state index is 11.0. The van der Waals surface area contributed by atoms with E-state index in [2.05, 4.69) is 27.5 Å². The third kappa shape index (κ3) is 5.08. The van der Waals surface area contributed by atoms with Crippen LogP contribution < -0.4 is 19.9 Å². The Bertz CT molecular complexity index is 1180. The van der Waals surface area contributed by atoms with Gasteiger partial charge in [0.1, 0.15) is 24.0 Å². The van der Waals surface area contributed by atoms with Crippen molar-refractivity contribution in [3.8, 4) is 17.2 Å². The summed E-state index contributed by atoms with van der Waals surface area (Å²) in [7, 11) is 3.20. The predicted molar refractivity (Wildman–Crippen MR) is 126 cm³/mol. The molecule has 4 N–H and O–H groups in total. The number of nitrogens with two attached hydrogens (primary N) is 1. The molecule has 0 spiro atoms. The van der Waals surface area contributed by atoms with Crippen molar-refractivity contribution in [1.29, 1.82) is 0 Å². The molecule has 0 amide bonds. The van der Waals surface area contributed by atoms with Gasteiger partial charge in [-0.15, -0.1) is 0 Å². The van der Waals surface area contributed by atoms with Gasteiger partial charge in [-0.25, -0.2) is 0 Å². The molecular formula is C25H28N4O4. The van der Waals surface area contributed by atoms with Crippen molar-refractivity contribution in [2.75, 3.05) is 20.8 Å². The highest BCUT2D eigenvalue weighted by molar-refractivity contribution is 5.80. The van der Waals surface area contributed by atoms with Crippen molar-refractivity contribution in [2.45, 2.75) is 24.5 Å². The number of aliphatic hydroxyl groups excluding tert-OH is 1. The molecule has 3 aromatic carbocycles. The summed E-state index contributed by atoms with van der Waals surface area (Å²) in [4.78, 5) is 0. The molecule has 33 heavy (non-hydrogen) atoms. The van der Waals surface area contributed by atoms with Gasteiger partial charge in [0, 0.05) is 12.0 Å². The standard InChI is InChI=1S/C25H28N4O4/c1-31-21-12-11-17(14-23(21)32-2)18(13-16-7-4-3-5-8-16)24(26)20(30)15-33-22-10-6-9-19-25(22)28-29-27-19/h3-12,14,18,20,24,30H,13,15,26H2,1-2H3,(H,27,28,29)/t18?,20-,24?/m1/s1. The quantitative estimate of drug-likeness (QED) is 0.341. The van der Waals surface area contributed by atoms with Gasteiger partial charge >= 0.3 is 0 Å². The summed E-state index contributed by atoms with van der Waals surface area (Å²) in [5.74, 6) is 1.61. The first-order valence-electron chi connectivity index (χ1n) is 10.7.